The van der Waals surface area contributed by atoms with Crippen molar-refractivity contribution < 1.29 is 15.0 Å². The number of aliphatic hydroxyl groups is 2. The average molecular weight is 229 g/mol. The normalized spacial score (nSPS) is 17.7. The fourth-order valence-electron chi connectivity index (χ4n) is 2.16. The molecule has 0 radical (unpaired) electrons. The number of aliphatic hydroxyl groups excluding tert-OH is 2. The molecule has 3 N–H and O–H groups in total. The van der Waals surface area contributed by atoms with Gasteiger partial charge in [0.2, 0.25) is 5.91 Å². The third kappa shape index (κ3) is 4.10. The van der Waals surface area contributed by atoms with Crippen molar-refractivity contribution in [3.05, 3.63) is 0 Å². The molecule has 1 saturated carbocycles. The lowest BCUT2D eigenvalue weighted by atomic mass is 10.0. The third-order valence-corrected chi connectivity index (χ3v) is 3.39. The molecule has 1 fully saturated rings. The van der Waals surface area contributed by atoms with Crippen molar-refractivity contribution in [2.24, 2.45) is 5.92 Å². The summed E-state index contributed by atoms with van der Waals surface area (Å²) in [6.45, 7) is 1.16. The SMILES string of the molecule is CC(CO)(CO)NC(=O)CCC1CCCC1. The van der Waals surface area contributed by atoms with Gasteiger partial charge >= 0.3 is 0 Å². The maximum absolute atomic E-state index is 11.6. The summed E-state index contributed by atoms with van der Waals surface area (Å²) in [5.41, 5.74) is -0.882. The summed E-state index contributed by atoms with van der Waals surface area (Å²) in [5.74, 6) is 0.623. The van der Waals surface area contributed by atoms with E-state index >= 15 is 0 Å². The fraction of sp³-hybridized carbons (Fsp3) is 0.917. The minimum absolute atomic E-state index is 0.0718. The van der Waals surface area contributed by atoms with E-state index in [9.17, 15) is 4.79 Å². The van der Waals surface area contributed by atoms with E-state index in [1.54, 1.807) is 6.92 Å². The molecule has 0 heterocycles. The molecule has 0 aromatic carbocycles. The Morgan fingerprint density at radius 3 is 2.38 bits per heavy atom. The molecule has 0 bridgehead atoms. The third-order valence-electron chi connectivity index (χ3n) is 3.39. The molecular formula is C12H23NO3. The van der Waals surface area contributed by atoms with Crippen LogP contribution in [-0.2, 0) is 4.79 Å². The van der Waals surface area contributed by atoms with Crippen molar-refractivity contribution >= 4 is 5.91 Å². The van der Waals surface area contributed by atoms with Gasteiger partial charge in [0.15, 0.2) is 0 Å². The van der Waals surface area contributed by atoms with Gasteiger partial charge in [0, 0.05) is 6.42 Å². The van der Waals surface area contributed by atoms with Crippen molar-refractivity contribution in [3.8, 4) is 0 Å². The molecule has 0 aromatic rings. The van der Waals surface area contributed by atoms with Crippen LogP contribution in [-0.4, -0.2) is 34.9 Å². The lowest BCUT2D eigenvalue weighted by molar-refractivity contribution is -0.124. The Bertz CT molecular complexity index is 220. The highest BCUT2D eigenvalue weighted by Gasteiger charge is 2.25. The maximum Gasteiger partial charge on any atom is 0.220 e. The van der Waals surface area contributed by atoms with E-state index in [4.69, 9.17) is 10.2 Å². The summed E-state index contributed by atoms with van der Waals surface area (Å²) in [7, 11) is 0. The van der Waals surface area contributed by atoms with Crippen LogP contribution in [0.25, 0.3) is 0 Å². The second-order valence-electron chi connectivity index (χ2n) is 5.11. The van der Waals surface area contributed by atoms with Gasteiger partial charge in [-0.2, -0.15) is 0 Å². The minimum atomic E-state index is -0.882. The van der Waals surface area contributed by atoms with Crippen LogP contribution in [0.4, 0.5) is 0 Å². The topological polar surface area (TPSA) is 69.6 Å². The largest absolute Gasteiger partial charge is 0.394 e. The molecule has 4 heteroatoms. The standard InChI is InChI=1S/C12H23NO3/c1-12(8-14,9-15)13-11(16)7-6-10-4-2-3-5-10/h10,14-15H,2-9H2,1H3,(H,13,16). The van der Waals surface area contributed by atoms with Crippen molar-refractivity contribution in [1.29, 1.82) is 0 Å². The van der Waals surface area contributed by atoms with Crippen molar-refractivity contribution in [1.82, 2.24) is 5.32 Å². The van der Waals surface area contributed by atoms with Gasteiger partial charge in [0.25, 0.3) is 0 Å². The Hall–Kier alpha value is -0.610. The summed E-state index contributed by atoms with van der Waals surface area (Å²) >= 11 is 0. The molecule has 4 nitrogen and oxygen atoms in total. The van der Waals surface area contributed by atoms with Crippen LogP contribution in [0.5, 0.6) is 0 Å². The quantitative estimate of drug-likeness (QED) is 0.631. The van der Waals surface area contributed by atoms with Crippen molar-refractivity contribution in [3.63, 3.8) is 0 Å². The number of carbonyl (C=O) groups is 1. The zero-order chi connectivity index (χ0) is 12.0. The number of hydrogen-bond acceptors (Lipinski definition) is 3. The first-order valence-corrected chi connectivity index (χ1v) is 6.12. The number of rotatable bonds is 6. The highest BCUT2D eigenvalue weighted by Crippen LogP contribution is 2.28. The van der Waals surface area contributed by atoms with Gasteiger partial charge in [-0.1, -0.05) is 25.7 Å². The Morgan fingerprint density at radius 1 is 1.31 bits per heavy atom. The van der Waals surface area contributed by atoms with E-state index in [1.165, 1.54) is 25.7 Å². The van der Waals surface area contributed by atoms with E-state index in [1.807, 2.05) is 0 Å². The lowest BCUT2D eigenvalue weighted by Gasteiger charge is -2.26. The molecule has 1 aliphatic rings. The zero-order valence-electron chi connectivity index (χ0n) is 10.0. The zero-order valence-corrected chi connectivity index (χ0v) is 10.0. The molecule has 0 aromatic heterocycles. The predicted octanol–water partition coefficient (Wildman–Crippen LogP) is 0.816. The predicted molar refractivity (Wildman–Crippen MR) is 61.9 cm³/mol. The van der Waals surface area contributed by atoms with Crippen LogP contribution in [0, 0.1) is 5.92 Å². The van der Waals surface area contributed by atoms with Gasteiger partial charge in [-0.3, -0.25) is 4.79 Å². The molecule has 1 amide bonds. The van der Waals surface area contributed by atoms with Gasteiger partial charge in [-0.05, 0) is 19.3 Å². The number of carbonyl (C=O) groups excluding carboxylic acids is 1. The Labute approximate surface area is 97.0 Å². The Morgan fingerprint density at radius 2 is 1.88 bits per heavy atom. The second-order valence-corrected chi connectivity index (χ2v) is 5.11. The van der Waals surface area contributed by atoms with Crippen LogP contribution in [0.3, 0.4) is 0 Å². The van der Waals surface area contributed by atoms with Crippen LogP contribution in [0.1, 0.15) is 45.4 Å². The molecule has 0 atom stereocenters. The second kappa shape index (κ2) is 6.21. The fourth-order valence-corrected chi connectivity index (χ4v) is 2.16. The van der Waals surface area contributed by atoms with E-state index in [0.29, 0.717) is 12.3 Å². The molecule has 0 unspecified atom stereocenters. The minimum Gasteiger partial charge on any atom is -0.394 e. The monoisotopic (exact) mass is 229 g/mol. The molecule has 94 valence electrons. The first-order chi connectivity index (χ1) is 7.59. The molecule has 0 saturated heterocycles. The van der Waals surface area contributed by atoms with E-state index in [2.05, 4.69) is 5.32 Å². The van der Waals surface area contributed by atoms with Gasteiger partial charge in [-0.15, -0.1) is 0 Å². The van der Waals surface area contributed by atoms with Gasteiger partial charge < -0.3 is 15.5 Å². The van der Waals surface area contributed by atoms with E-state index < -0.39 is 5.54 Å². The summed E-state index contributed by atoms with van der Waals surface area (Å²) in [6, 6.07) is 0. The Balaban J connectivity index is 2.24. The first kappa shape index (κ1) is 13.5. The summed E-state index contributed by atoms with van der Waals surface area (Å²) in [6.07, 6.45) is 6.49. The highest BCUT2D eigenvalue weighted by molar-refractivity contribution is 5.76. The molecular weight excluding hydrogens is 206 g/mol. The number of nitrogens with one attached hydrogen (secondary N) is 1. The van der Waals surface area contributed by atoms with E-state index in [0.717, 1.165) is 6.42 Å². The summed E-state index contributed by atoms with van der Waals surface area (Å²) in [4.78, 5) is 11.6. The first-order valence-electron chi connectivity index (χ1n) is 6.12. The van der Waals surface area contributed by atoms with Gasteiger partial charge in [-0.25, -0.2) is 0 Å². The van der Waals surface area contributed by atoms with Crippen LogP contribution >= 0.6 is 0 Å². The molecule has 0 aliphatic heterocycles. The number of amides is 1. The average Bonchev–Trinajstić information content (AvgIpc) is 2.79. The smallest absolute Gasteiger partial charge is 0.220 e. The van der Waals surface area contributed by atoms with E-state index in [-0.39, 0.29) is 19.1 Å². The molecule has 1 aliphatic carbocycles. The Kier molecular flexibility index (Phi) is 5.22. The lowest BCUT2D eigenvalue weighted by Crippen LogP contribution is -2.51. The summed E-state index contributed by atoms with van der Waals surface area (Å²) < 4.78 is 0. The molecule has 1 rings (SSSR count). The van der Waals surface area contributed by atoms with Crippen molar-refractivity contribution in [2.75, 3.05) is 13.2 Å². The maximum atomic E-state index is 11.6. The molecule has 16 heavy (non-hydrogen) atoms. The van der Waals surface area contributed by atoms with Gasteiger partial charge in [0.1, 0.15) is 0 Å². The van der Waals surface area contributed by atoms with Crippen LogP contribution < -0.4 is 5.32 Å². The number of hydrogen-bond donors (Lipinski definition) is 3. The van der Waals surface area contributed by atoms with Crippen LogP contribution in [0.2, 0.25) is 0 Å². The van der Waals surface area contributed by atoms with Crippen LogP contribution in [0.15, 0.2) is 0 Å². The molecule has 0 spiro atoms. The van der Waals surface area contributed by atoms with Gasteiger partial charge in [0.05, 0.1) is 18.8 Å². The summed E-state index contributed by atoms with van der Waals surface area (Å²) in [5, 5.41) is 20.8. The van der Waals surface area contributed by atoms with Crippen molar-refractivity contribution in [2.45, 2.75) is 51.0 Å². The highest BCUT2D eigenvalue weighted by atomic mass is 16.3.